The van der Waals surface area contributed by atoms with Crippen LogP contribution < -0.4 is 27.0 Å². The summed E-state index contributed by atoms with van der Waals surface area (Å²) in [6, 6.07) is -0.900. The molecule has 0 aliphatic carbocycles. The van der Waals surface area contributed by atoms with Crippen LogP contribution in [0.3, 0.4) is 0 Å². The predicted octanol–water partition coefficient (Wildman–Crippen LogP) is 0.760. The maximum atomic E-state index is 13.1. The van der Waals surface area contributed by atoms with Gasteiger partial charge >= 0.3 is 0 Å². The van der Waals surface area contributed by atoms with E-state index in [1.54, 1.807) is 21.0 Å². The van der Waals surface area contributed by atoms with Crippen LogP contribution in [0.5, 0.6) is 0 Å². The largest absolute Gasteiger partial charge is 0.382 e. The summed E-state index contributed by atoms with van der Waals surface area (Å²) in [5, 5.41) is 11.0. The topological polar surface area (TPSA) is 189 Å². The minimum atomic E-state index is -0.900. The number of amides is 4. The van der Waals surface area contributed by atoms with E-state index in [2.05, 4.69) is 21.3 Å². The Hall–Kier alpha value is -2.36. The summed E-state index contributed by atoms with van der Waals surface area (Å²) in [7, 11) is 1.61. The van der Waals surface area contributed by atoms with Crippen LogP contribution in [0.1, 0.15) is 67.2 Å². The number of carbonyl (C=O) groups excluding carboxylic acids is 4. The Kier molecular flexibility index (Phi) is 28.9. The molecule has 0 aromatic rings. The zero-order valence-electron chi connectivity index (χ0n) is 28.9. The molecule has 0 fully saturated rings. The molecule has 0 rings (SSSR count). The molecule has 266 valence electrons. The Bertz CT molecular complexity index is 764. The van der Waals surface area contributed by atoms with Gasteiger partial charge in [-0.3, -0.25) is 19.2 Å². The zero-order valence-corrected chi connectivity index (χ0v) is 28.9. The Morgan fingerprint density at radius 2 is 1.33 bits per heavy atom. The SMILES string of the molecule is CCN.COCCOCCOCCOCCNC(=O)[C@H](CCC(=O)NCCCCNC=O)NC(=O)C(C)(C)COCC(C)(C)C. The van der Waals surface area contributed by atoms with Crippen LogP contribution in [0.2, 0.25) is 0 Å². The molecule has 0 aliphatic rings. The van der Waals surface area contributed by atoms with Crippen molar-refractivity contribution in [3.63, 3.8) is 0 Å². The van der Waals surface area contributed by atoms with Crippen molar-refractivity contribution in [2.45, 2.75) is 73.3 Å². The Morgan fingerprint density at radius 1 is 0.778 bits per heavy atom. The third kappa shape index (κ3) is 30.1. The molecule has 0 radical (unpaired) electrons. The molecule has 0 aliphatic heterocycles. The molecule has 14 heteroatoms. The number of nitrogens with one attached hydrogen (secondary N) is 4. The summed E-state index contributed by atoms with van der Waals surface area (Å²) in [4.78, 5) is 48.7. The second kappa shape index (κ2) is 29.1. The average Bonchev–Trinajstić information content (AvgIpc) is 2.96. The lowest BCUT2D eigenvalue weighted by Gasteiger charge is -2.28. The number of methoxy groups -OCH3 is 1. The predicted molar refractivity (Wildman–Crippen MR) is 174 cm³/mol. The first-order chi connectivity index (χ1) is 21.3. The minimum absolute atomic E-state index is 0.0416. The highest BCUT2D eigenvalue weighted by Crippen LogP contribution is 2.20. The van der Waals surface area contributed by atoms with Gasteiger partial charge in [0.05, 0.1) is 64.9 Å². The van der Waals surface area contributed by atoms with Crippen molar-refractivity contribution in [1.82, 2.24) is 21.3 Å². The van der Waals surface area contributed by atoms with Crippen LogP contribution in [-0.4, -0.2) is 123 Å². The van der Waals surface area contributed by atoms with E-state index >= 15 is 0 Å². The van der Waals surface area contributed by atoms with E-state index in [1.807, 2.05) is 27.7 Å². The van der Waals surface area contributed by atoms with Gasteiger partial charge in [-0.25, -0.2) is 0 Å². The van der Waals surface area contributed by atoms with E-state index < -0.39 is 17.4 Å². The van der Waals surface area contributed by atoms with Crippen LogP contribution in [-0.2, 0) is 42.9 Å². The molecule has 1 atom stereocenters. The first kappa shape index (κ1) is 44.8. The van der Waals surface area contributed by atoms with Crippen molar-refractivity contribution < 1.29 is 42.9 Å². The van der Waals surface area contributed by atoms with Gasteiger partial charge in [0.2, 0.25) is 24.1 Å². The van der Waals surface area contributed by atoms with Crippen LogP contribution in [0.15, 0.2) is 0 Å². The molecule has 0 aromatic heterocycles. The van der Waals surface area contributed by atoms with E-state index in [-0.39, 0.29) is 49.8 Å². The Balaban J connectivity index is 0. The fourth-order valence-electron chi connectivity index (χ4n) is 3.36. The van der Waals surface area contributed by atoms with Gasteiger partial charge in [0.15, 0.2) is 0 Å². The summed E-state index contributed by atoms with van der Waals surface area (Å²) < 4.78 is 26.9. The van der Waals surface area contributed by atoms with Gasteiger partial charge in [0, 0.05) is 33.2 Å². The standard InChI is InChI=1S/C29H56N4O9.C2H7N/c1-28(2,3)21-42-22-29(4,5)27(37)33-24(9-10-25(35)31-12-8-7-11-30-23-34)26(36)32-13-14-39-17-18-41-20-19-40-16-15-38-6;1-2-3/h23-24H,7-22H2,1-6H3,(H,30,34)(H,31,35)(H,32,36)(H,33,37);2-3H2,1H3/t24-;/m0./s1. The molecule has 0 saturated heterocycles. The normalized spacial score (nSPS) is 12.0. The lowest BCUT2D eigenvalue weighted by molar-refractivity contribution is -0.137. The molecule has 0 spiro atoms. The van der Waals surface area contributed by atoms with Crippen molar-refractivity contribution in [2.24, 2.45) is 16.6 Å². The quantitative estimate of drug-likeness (QED) is 0.0628. The fourth-order valence-corrected chi connectivity index (χ4v) is 3.36. The first-order valence-corrected chi connectivity index (χ1v) is 15.9. The van der Waals surface area contributed by atoms with E-state index in [0.29, 0.717) is 72.2 Å². The van der Waals surface area contributed by atoms with E-state index in [0.717, 1.165) is 13.0 Å². The van der Waals surface area contributed by atoms with Crippen LogP contribution in [0.25, 0.3) is 0 Å². The lowest BCUT2D eigenvalue weighted by atomic mass is 9.92. The summed E-state index contributed by atoms with van der Waals surface area (Å²) >= 11 is 0. The van der Waals surface area contributed by atoms with Gasteiger partial charge in [-0.2, -0.15) is 0 Å². The van der Waals surface area contributed by atoms with Crippen LogP contribution in [0, 0.1) is 10.8 Å². The molecular weight excluding hydrogens is 586 g/mol. The molecule has 0 aromatic carbocycles. The monoisotopic (exact) mass is 649 g/mol. The third-order valence-electron chi connectivity index (χ3n) is 5.77. The molecular formula is C31H63N5O9. The highest BCUT2D eigenvalue weighted by Gasteiger charge is 2.32. The Labute approximate surface area is 270 Å². The number of hydrogen-bond donors (Lipinski definition) is 5. The Morgan fingerprint density at radius 3 is 1.89 bits per heavy atom. The van der Waals surface area contributed by atoms with E-state index in [9.17, 15) is 19.2 Å². The fraction of sp³-hybridized carbons (Fsp3) is 0.871. The highest BCUT2D eigenvalue weighted by molar-refractivity contribution is 5.90. The van der Waals surface area contributed by atoms with Crippen molar-refractivity contribution in [3.05, 3.63) is 0 Å². The molecule has 14 nitrogen and oxygen atoms in total. The van der Waals surface area contributed by atoms with Crippen LogP contribution in [0.4, 0.5) is 0 Å². The maximum Gasteiger partial charge on any atom is 0.242 e. The van der Waals surface area contributed by atoms with Gasteiger partial charge in [-0.1, -0.05) is 27.7 Å². The number of unbranched alkanes of at least 4 members (excludes halogenated alkanes) is 1. The smallest absolute Gasteiger partial charge is 0.242 e. The van der Waals surface area contributed by atoms with Gasteiger partial charge in [-0.05, 0) is 45.1 Å². The number of nitrogens with two attached hydrogens (primary N) is 1. The van der Waals surface area contributed by atoms with Crippen molar-refractivity contribution in [1.29, 1.82) is 0 Å². The van der Waals surface area contributed by atoms with Crippen molar-refractivity contribution >= 4 is 24.1 Å². The summed E-state index contributed by atoms with van der Waals surface area (Å²) in [6.07, 6.45) is 2.29. The zero-order chi connectivity index (χ0) is 34.4. The van der Waals surface area contributed by atoms with Gasteiger partial charge in [0.1, 0.15) is 6.04 Å². The van der Waals surface area contributed by atoms with Crippen molar-refractivity contribution in [2.75, 3.05) is 92.8 Å². The maximum absolute atomic E-state index is 13.1. The first-order valence-electron chi connectivity index (χ1n) is 15.9. The number of hydrogen-bond acceptors (Lipinski definition) is 10. The molecule has 0 heterocycles. The van der Waals surface area contributed by atoms with E-state index in [1.165, 1.54) is 0 Å². The number of ether oxygens (including phenoxy) is 5. The second-order valence-corrected chi connectivity index (χ2v) is 12.2. The molecule has 0 saturated carbocycles. The molecule has 0 unspecified atom stereocenters. The summed E-state index contributed by atoms with van der Waals surface area (Å²) in [6.45, 7) is 17.3. The summed E-state index contributed by atoms with van der Waals surface area (Å²) in [5.41, 5.74) is 3.93. The van der Waals surface area contributed by atoms with Crippen molar-refractivity contribution in [3.8, 4) is 0 Å². The van der Waals surface area contributed by atoms with E-state index in [4.69, 9.17) is 29.4 Å². The van der Waals surface area contributed by atoms with Gasteiger partial charge < -0.3 is 50.7 Å². The number of rotatable bonds is 27. The molecule has 45 heavy (non-hydrogen) atoms. The molecule has 6 N–H and O–H groups in total. The number of carbonyl (C=O) groups is 4. The second-order valence-electron chi connectivity index (χ2n) is 12.2. The molecule has 4 amide bonds. The lowest BCUT2D eigenvalue weighted by Crippen LogP contribution is -2.52. The molecule has 0 bridgehead atoms. The van der Waals surface area contributed by atoms with Gasteiger partial charge in [-0.15, -0.1) is 0 Å². The average molecular weight is 650 g/mol. The highest BCUT2D eigenvalue weighted by atomic mass is 16.6. The van der Waals surface area contributed by atoms with Crippen LogP contribution >= 0.6 is 0 Å². The minimum Gasteiger partial charge on any atom is -0.382 e. The third-order valence-corrected chi connectivity index (χ3v) is 5.77. The summed E-state index contributed by atoms with van der Waals surface area (Å²) in [5.74, 6) is -0.944. The van der Waals surface area contributed by atoms with Gasteiger partial charge in [0.25, 0.3) is 0 Å².